The molecule has 0 spiro atoms. The van der Waals surface area contributed by atoms with Gasteiger partial charge in [0, 0.05) is 5.56 Å². The molecule has 16 heavy (non-hydrogen) atoms. The van der Waals surface area contributed by atoms with Crippen LogP contribution in [0.15, 0.2) is 9.36 Å². The van der Waals surface area contributed by atoms with Crippen LogP contribution in [0.2, 0.25) is 4.34 Å². The fourth-order valence-corrected chi connectivity index (χ4v) is 4.54. The normalized spacial score (nSPS) is 21.1. The van der Waals surface area contributed by atoms with Crippen molar-refractivity contribution in [3.63, 3.8) is 0 Å². The predicted molar refractivity (Wildman–Crippen MR) is 71.5 cm³/mol. The number of nitrogens with zero attached hydrogens (tertiary/aromatic N) is 1. The molecule has 1 heterocycles. The topological polar surface area (TPSA) is 32.6 Å². The van der Waals surface area contributed by atoms with E-state index < -0.39 is 0 Å². The van der Waals surface area contributed by atoms with Crippen LogP contribution in [-0.4, -0.2) is 17.2 Å². The van der Waals surface area contributed by atoms with E-state index in [-0.39, 0.29) is 5.41 Å². The van der Waals surface area contributed by atoms with Gasteiger partial charge < -0.3 is 5.21 Å². The Hall–Kier alpha value is -0.190. The second-order valence-electron chi connectivity index (χ2n) is 4.79. The fraction of sp³-hybridized carbons (Fsp3) is 0.545. The lowest BCUT2D eigenvalue weighted by molar-refractivity contribution is 0.306. The summed E-state index contributed by atoms with van der Waals surface area (Å²) < 4.78 is 2.00. The van der Waals surface area contributed by atoms with Crippen molar-refractivity contribution >= 4 is 40.4 Å². The van der Waals surface area contributed by atoms with Gasteiger partial charge in [-0.1, -0.05) is 30.6 Å². The number of fused-ring (bicyclic) bond motifs is 1. The minimum absolute atomic E-state index is 0.120. The van der Waals surface area contributed by atoms with Gasteiger partial charge in [0.2, 0.25) is 0 Å². The highest BCUT2D eigenvalue weighted by molar-refractivity contribution is 8.00. The summed E-state index contributed by atoms with van der Waals surface area (Å²) in [5.41, 5.74) is 3.12. The summed E-state index contributed by atoms with van der Waals surface area (Å²) in [7, 11) is 0. The number of halogens is 1. The molecule has 1 aliphatic rings. The third kappa shape index (κ3) is 1.98. The molecule has 2 rings (SSSR count). The third-order valence-electron chi connectivity index (χ3n) is 2.82. The molecule has 0 aliphatic heterocycles. The molecule has 1 aromatic heterocycles. The Bertz CT molecular complexity index is 451. The number of oxime groups is 1. The lowest BCUT2D eigenvalue weighted by atomic mass is 9.75. The number of thioether (sulfide) groups is 1. The zero-order chi connectivity index (χ0) is 11.9. The van der Waals surface area contributed by atoms with Gasteiger partial charge in [0.15, 0.2) is 0 Å². The van der Waals surface area contributed by atoms with Crippen LogP contribution < -0.4 is 0 Å². The van der Waals surface area contributed by atoms with Crippen molar-refractivity contribution in [3.05, 3.63) is 15.5 Å². The van der Waals surface area contributed by atoms with E-state index in [0.29, 0.717) is 0 Å². The quantitative estimate of drug-likeness (QED) is 0.471. The Labute approximate surface area is 109 Å². The van der Waals surface area contributed by atoms with Crippen molar-refractivity contribution in [1.29, 1.82) is 0 Å². The van der Waals surface area contributed by atoms with E-state index in [0.717, 1.165) is 38.2 Å². The number of thiophene rings is 1. The molecule has 0 unspecified atom stereocenters. The standard InChI is InChI=1S/C11H14ClNOS2/c1-11(2)4-6-8(7(5-11)13-14)10(15-3)16-9(6)12/h14H,4-5H2,1-3H3. The minimum atomic E-state index is 0.120. The molecule has 2 nitrogen and oxygen atoms in total. The van der Waals surface area contributed by atoms with Gasteiger partial charge in [-0.25, -0.2) is 0 Å². The van der Waals surface area contributed by atoms with Gasteiger partial charge in [-0.2, -0.15) is 0 Å². The van der Waals surface area contributed by atoms with E-state index in [1.807, 2.05) is 6.26 Å². The average Bonchev–Trinajstić information content (AvgIpc) is 2.53. The minimum Gasteiger partial charge on any atom is -0.411 e. The Kier molecular flexibility index (Phi) is 3.25. The lowest BCUT2D eigenvalue weighted by Crippen LogP contribution is -2.27. The molecule has 5 heteroatoms. The Morgan fingerprint density at radius 3 is 2.69 bits per heavy atom. The molecular weight excluding hydrogens is 262 g/mol. The molecule has 1 N–H and O–H groups in total. The summed E-state index contributed by atoms with van der Waals surface area (Å²) in [4.78, 5) is 0. The maximum Gasteiger partial charge on any atom is 0.0979 e. The van der Waals surface area contributed by atoms with Gasteiger partial charge in [0.1, 0.15) is 0 Å². The molecule has 0 saturated heterocycles. The molecule has 0 fully saturated rings. The molecule has 1 aliphatic carbocycles. The van der Waals surface area contributed by atoms with Gasteiger partial charge in [0.05, 0.1) is 14.3 Å². The van der Waals surface area contributed by atoms with Gasteiger partial charge in [0.25, 0.3) is 0 Å². The maximum absolute atomic E-state index is 9.14. The smallest absolute Gasteiger partial charge is 0.0979 e. The zero-order valence-corrected chi connectivity index (χ0v) is 11.9. The molecule has 0 radical (unpaired) electrons. The maximum atomic E-state index is 9.14. The van der Waals surface area contributed by atoms with E-state index in [1.165, 1.54) is 0 Å². The van der Waals surface area contributed by atoms with Crippen molar-refractivity contribution in [3.8, 4) is 0 Å². The Morgan fingerprint density at radius 1 is 1.44 bits per heavy atom. The molecule has 0 aromatic carbocycles. The van der Waals surface area contributed by atoms with E-state index in [1.54, 1.807) is 23.1 Å². The second kappa shape index (κ2) is 4.24. The highest BCUT2D eigenvalue weighted by Crippen LogP contribution is 2.46. The van der Waals surface area contributed by atoms with Crippen LogP contribution in [0, 0.1) is 5.41 Å². The first-order chi connectivity index (χ1) is 7.48. The van der Waals surface area contributed by atoms with Crippen LogP contribution in [0.1, 0.15) is 31.4 Å². The highest BCUT2D eigenvalue weighted by Gasteiger charge is 2.34. The molecule has 0 atom stereocenters. The van der Waals surface area contributed by atoms with E-state index in [2.05, 4.69) is 19.0 Å². The van der Waals surface area contributed by atoms with Gasteiger partial charge >= 0.3 is 0 Å². The lowest BCUT2D eigenvalue weighted by Gasteiger charge is -2.30. The zero-order valence-electron chi connectivity index (χ0n) is 9.50. The van der Waals surface area contributed by atoms with Gasteiger partial charge in [-0.15, -0.1) is 23.1 Å². The summed E-state index contributed by atoms with van der Waals surface area (Å²) >= 11 is 9.51. The summed E-state index contributed by atoms with van der Waals surface area (Å²) in [5.74, 6) is 0. The monoisotopic (exact) mass is 275 g/mol. The van der Waals surface area contributed by atoms with Crippen molar-refractivity contribution in [1.82, 2.24) is 0 Å². The van der Waals surface area contributed by atoms with E-state index in [4.69, 9.17) is 16.8 Å². The van der Waals surface area contributed by atoms with Crippen molar-refractivity contribution in [2.45, 2.75) is 30.9 Å². The molecular formula is C11H14ClNOS2. The summed E-state index contributed by atoms with van der Waals surface area (Å²) in [5, 5.41) is 12.6. The molecule has 88 valence electrons. The van der Waals surface area contributed by atoms with Crippen LogP contribution in [-0.2, 0) is 6.42 Å². The van der Waals surface area contributed by atoms with E-state index >= 15 is 0 Å². The number of hydrogen-bond acceptors (Lipinski definition) is 4. The third-order valence-corrected chi connectivity index (χ3v) is 5.42. The Balaban J connectivity index is 2.61. The van der Waals surface area contributed by atoms with Crippen LogP contribution in [0.4, 0.5) is 0 Å². The number of rotatable bonds is 1. The van der Waals surface area contributed by atoms with Gasteiger partial charge in [-0.05, 0) is 30.1 Å². The van der Waals surface area contributed by atoms with Crippen LogP contribution in [0.25, 0.3) is 0 Å². The summed E-state index contributed by atoms with van der Waals surface area (Å²) in [6.07, 6.45) is 3.78. The van der Waals surface area contributed by atoms with E-state index in [9.17, 15) is 0 Å². The largest absolute Gasteiger partial charge is 0.411 e. The van der Waals surface area contributed by atoms with Crippen LogP contribution in [0.3, 0.4) is 0 Å². The van der Waals surface area contributed by atoms with Crippen molar-refractivity contribution in [2.24, 2.45) is 10.6 Å². The average molecular weight is 276 g/mol. The number of hydrogen-bond donors (Lipinski definition) is 1. The Morgan fingerprint density at radius 2 is 2.12 bits per heavy atom. The van der Waals surface area contributed by atoms with Gasteiger partial charge in [-0.3, -0.25) is 0 Å². The van der Waals surface area contributed by atoms with Crippen molar-refractivity contribution < 1.29 is 5.21 Å². The first-order valence-electron chi connectivity index (χ1n) is 5.05. The highest BCUT2D eigenvalue weighted by atomic mass is 35.5. The first kappa shape index (κ1) is 12.3. The molecule has 0 saturated carbocycles. The van der Waals surface area contributed by atoms with Crippen LogP contribution in [0.5, 0.6) is 0 Å². The predicted octanol–water partition coefficient (Wildman–Crippen LogP) is 4.27. The molecule has 0 bridgehead atoms. The summed E-state index contributed by atoms with van der Waals surface area (Å²) in [6, 6.07) is 0. The van der Waals surface area contributed by atoms with Crippen LogP contribution >= 0.6 is 34.7 Å². The molecule has 0 amide bonds. The molecule has 1 aromatic rings. The van der Waals surface area contributed by atoms with Crippen molar-refractivity contribution in [2.75, 3.05) is 6.26 Å². The fourth-order valence-electron chi connectivity index (χ4n) is 2.18. The first-order valence-corrected chi connectivity index (χ1v) is 7.47. The second-order valence-corrected chi connectivity index (χ2v) is 7.48. The summed E-state index contributed by atoms with van der Waals surface area (Å²) in [6.45, 7) is 4.35. The SMILES string of the molecule is CSc1sc(Cl)c2c1C(=NO)CC(C)(C)C2.